The Morgan fingerprint density at radius 2 is 1.86 bits per heavy atom. The smallest absolute Gasteiger partial charge is 0.475 e. The third kappa shape index (κ3) is 8.15. The van der Waals surface area contributed by atoms with Gasteiger partial charge in [-0.2, -0.15) is 18.3 Å². The van der Waals surface area contributed by atoms with Crippen LogP contribution in [0.1, 0.15) is 27.7 Å². The van der Waals surface area contributed by atoms with Crippen LogP contribution in [0.15, 0.2) is 12.4 Å². The van der Waals surface area contributed by atoms with Crippen LogP contribution < -0.4 is 4.90 Å². The topological polar surface area (TPSA) is 87.9 Å². The van der Waals surface area contributed by atoms with Crippen molar-refractivity contribution in [1.29, 1.82) is 0 Å². The van der Waals surface area contributed by atoms with E-state index in [1.54, 1.807) is 15.8 Å². The first kappa shape index (κ1) is 23.7. The second kappa shape index (κ2) is 9.26. The van der Waals surface area contributed by atoms with Crippen molar-refractivity contribution >= 4 is 17.7 Å². The fourth-order valence-electron chi connectivity index (χ4n) is 2.44. The van der Waals surface area contributed by atoms with Crippen molar-refractivity contribution in [3.05, 3.63) is 12.4 Å². The molecule has 1 aliphatic heterocycles. The molecule has 0 radical (unpaired) electrons. The summed E-state index contributed by atoms with van der Waals surface area (Å²) in [6, 6.07) is 0. The molecule has 8 nitrogen and oxygen atoms in total. The highest BCUT2D eigenvalue weighted by molar-refractivity contribution is 5.87. The number of aliphatic carboxylic acids is 1. The second-order valence-corrected chi connectivity index (χ2v) is 7.67. The quantitative estimate of drug-likeness (QED) is 0.824. The van der Waals surface area contributed by atoms with Gasteiger partial charge < -0.3 is 14.7 Å². The van der Waals surface area contributed by atoms with Gasteiger partial charge in [-0.1, -0.05) is 6.92 Å². The lowest BCUT2D eigenvalue weighted by Crippen LogP contribution is -2.49. The number of carbonyl (C=O) groups is 2. The zero-order valence-corrected chi connectivity index (χ0v) is 16.7. The van der Waals surface area contributed by atoms with Crippen LogP contribution in [0.3, 0.4) is 0 Å². The van der Waals surface area contributed by atoms with Crippen LogP contribution in [0.5, 0.6) is 0 Å². The van der Waals surface area contributed by atoms with Gasteiger partial charge in [-0.25, -0.2) is 9.59 Å². The van der Waals surface area contributed by atoms with Crippen molar-refractivity contribution in [2.45, 2.75) is 39.5 Å². The molecule has 1 saturated heterocycles. The molecule has 2 heterocycles. The molecule has 1 fully saturated rings. The van der Waals surface area contributed by atoms with E-state index in [1.807, 2.05) is 34.0 Å². The van der Waals surface area contributed by atoms with Crippen molar-refractivity contribution in [2.75, 3.05) is 31.1 Å². The zero-order valence-electron chi connectivity index (χ0n) is 16.7. The van der Waals surface area contributed by atoms with Gasteiger partial charge >= 0.3 is 18.2 Å². The first-order valence-corrected chi connectivity index (χ1v) is 8.70. The number of aromatic nitrogens is 2. The molecule has 1 N–H and O–H groups in total. The monoisotopic (exact) mass is 408 g/mol. The largest absolute Gasteiger partial charge is 0.490 e. The molecule has 0 bridgehead atoms. The van der Waals surface area contributed by atoms with Gasteiger partial charge in [-0.05, 0) is 26.7 Å². The number of alkyl halides is 3. The van der Waals surface area contributed by atoms with Crippen LogP contribution in [0, 0.1) is 5.92 Å². The third-order valence-corrected chi connectivity index (χ3v) is 3.64. The van der Waals surface area contributed by atoms with Crippen LogP contribution in [0.25, 0.3) is 0 Å². The van der Waals surface area contributed by atoms with Gasteiger partial charge in [0.2, 0.25) is 0 Å². The predicted molar refractivity (Wildman–Crippen MR) is 96.1 cm³/mol. The number of carboxylic acids is 1. The Hall–Kier alpha value is -2.30. The average molecular weight is 408 g/mol. The predicted octanol–water partition coefficient (Wildman–Crippen LogP) is 2.75. The highest BCUT2D eigenvalue weighted by Gasteiger charge is 2.38. The van der Waals surface area contributed by atoms with Gasteiger partial charge in [0.05, 0.1) is 11.9 Å². The fourth-order valence-corrected chi connectivity index (χ4v) is 2.44. The van der Waals surface area contributed by atoms with Gasteiger partial charge in [0.15, 0.2) is 0 Å². The second-order valence-electron chi connectivity index (χ2n) is 7.67. The molecule has 0 aliphatic carbocycles. The van der Waals surface area contributed by atoms with E-state index in [0.717, 1.165) is 31.2 Å². The van der Waals surface area contributed by atoms with Crippen LogP contribution in [-0.4, -0.2) is 69.8 Å². The number of anilines is 1. The lowest BCUT2D eigenvalue weighted by molar-refractivity contribution is -0.192. The number of likely N-dealkylation sites (tertiary alicyclic amines) is 1. The molecular weight excluding hydrogens is 381 g/mol. The van der Waals surface area contributed by atoms with Crippen LogP contribution in [0.2, 0.25) is 0 Å². The number of aryl methyl sites for hydroxylation is 1. The van der Waals surface area contributed by atoms with E-state index in [9.17, 15) is 18.0 Å². The molecule has 1 amide bonds. The van der Waals surface area contributed by atoms with Gasteiger partial charge in [0.1, 0.15) is 5.60 Å². The first-order chi connectivity index (χ1) is 12.7. The number of carboxylic acid groups (broad SMARTS) is 1. The summed E-state index contributed by atoms with van der Waals surface area (Å²) in [6.07, 6.45) is -1.87. The van der Waals surface area contributed by atoms with Crippen molar-refractivity contribution in [3.63, 3.8) is 0 Å². The highest BCUT2D eigenvalue weighted by Crippen LogP contribution is 2.19. The molecule has 0 aromatic carbocycles. The minimum absolute atomic E-state index is 0.316. The average Bonchev–Trinajstić information content (AvgIpc) is 2.89. The first-order valence-electron chi connectivity index (χ1n) is 8.70. The lowest BCUT2D eigenvalue weighted by atomic mass is 10.0. The van der Waals surface area contributed by atoms with E-state index < -0.39 is 17.7 Å². The minimum atomic E-state index is -5.08. The molecule has 0 saturated carbocycles. The van der Waals surface area contributed by atoms with Crippen molar-refractivity contribution in [1.82, 2.24) is 14.7 Å². The Kier molecular flexibility index (Phi) is 7.85. The van der Waals surface area contributed by atoms with Gasteiger partial charge in [-0.15, -0.1) is 0 Å². The van der Waals surface area contributed by atoms with Gasteiger partial charge in [0, 0.05) is 39.4 Å². The fraction of sp³-hybridized carbons (Fsp3) is 0.706. The zero-order chi connectivity index (χ0) is 21.7. The number of hydrogen-bond donors (Lipinski definition) is 1. The molecule has 1 aromatic heterocycles. The number of amides is 1. The Balaban J connectivity index is 0.000000480. The number of halogens is 3. The maximum atomic E-state index is 12.4. The van der Waals surface area contributed by atoms with Crippen molar-refractivity contribution in [3.8, 4) is 0 Å². The summed E-state index contributed by atoms with van der Waals surface area (Å²) >= 11 is 0. The highest BCUT2D eigenvalue weighted by atomic mass is 19.4. The Morgan fingerprint density at radius 1 is 1.32 bits per heavy atom. The van der Waals surface area contributed by atoms with E-state index in [2.05, 4.69) is 16.9 Å². The molecule has 1 aliphatic rings. The third-order valence-electron chi connectivity index (χ3n) is 3.64. The molecule has 28 heavy (non-hydrogen) atoms. The maximum Gasteiger partial charge on any atom is 0.490 e. The summed E-state index contributed by atoms with van der Waals surface area (Å²) in [7, 11) is 1.84. The summed E-state index contributed by atoms with van der Waals surface area (Å²) in [5, 5.41) is 11.3. The molecule has 160 valence electrons. The molecule has 0 spiro atoms. The Labute approximate surface area is 161 Å². The van der Waals surface area contributed by atoms with Gasteiger partial charge in [0.25, 0.3) is 0 Å². The van der Waals surface area contributed by atoms with Gasteiger partial charge in [-0.3, -0.25) is 9.58 Å². The molecule has 0 unspecified atom stereocenters. The van der Waals surface area contributed by atoms with Crippen LogP contribution >= 0.6 is 0 Å². The normalized spacial score (nSPS) is 15.3. The van der Waals surface area contributed by atoms with Crippen molar-refractivity contribution < 1.29 is 32.6 Å². The SMILES string of the molecule is CC1CN(CCN(C(=O)OC(C)(C)C)c2cnn(C)c2)C1.O=C(O)C(F)(F)F. The number of carbonyl (C=O) groups excluding carboxylic acids is 1. The number of hydrogen-bond acceptors (Lipinski definition) is 5. The molecule has 0 atom stereocenters. The van der Waals surface area contributed by atoms with E-state index >= 15 is 0 Å². The summed E-state index contributed by atoms with van der Waals surface area (Å²) in [4.78, 5) is 25.3. The number of nitrogens with zero attached hydrogens (tertiary/aromatic N) is 4. The standard InChI is InChI=1S/C15H26N4O2.C2HF3O2/c1-12-9-18(10-12)6-7-19(13-8-16-17(5)11-13)14(20)21-15(2,3)4;3-2(4,5)1(6)7/h8,11-12H,6-7,9-10H2,1-5H3;(H,6,7). The summed E-state index contributed by atoms with van der Waals surface area (Å²) in [5.74, 6) is -1.99. The van der Waals surface area contributed by atoms with Crippen LogP contribution in [0.4, 0.5) is 23.7 Å². The van der Waals surface area contributed by atoms with Crippen LogP contribution in [-0.2, 0) is 16.6 Å². The lowest BCUT2D eigenvalue weighted by Gasteiger charge is -2.38. The summed E-state index contributed by atoms with van der Waals surface area (Å²) in [5.41, 5.74) is 0.281. The van der Waals surface area contributed by atoms with E-state index in [0.29, 0.717) is 6.54 Å². The Morgan fingerprint density at radius 3 is 2.21 bits per heavy atom. The molecular formula is C17H27F3N4O4. The molecule has 2 rings (SSSR count). The number of rotatable bonds is 4. The maximum absolute atomic E-state index is 12.4. The van der Waals surface area contributed by atoms with E-state index in [-0.39, 0.29) is 6.09 Å². The minimum Gasteiger partial charge on any atom is -0.475 e. The van der Waals surface area contributed by atoms with E-state index in [4.69, 9.17) is 14.6 Å². The number of ether oxygens (including phenoxy) is 1. The summed E-state index contributed by atoms with van der Waals surface area (Å²) in [6.45, 7) is 11.6. The molecule has 1 aromatic rings. The molecule has 11 heteroatoms. The van der Waals surface area contributed by atoms with Crippen molar-refractivity contribution in [2.24, 2.45) is 13.0 Å². The summed E-state index contributed by atoms with van der Waals surface area (Å²) < 4.78 is 38.9. The van der Waals surface area contributed by atoms with E-state index in [1.165, 1.54) is 0 Å². The Bertz CT molecular complexity index is 664.